The maximum Gasteiger partial charge on any atom is 0.0493 e. The quantitative estimate of drug-likeness (QED) is 0.668. The Morgan fingerprint density at radius 1 is 1.31 bits per heavy atom. The monoisotopic (exact) mass is 220 g/mol. The first-order chi connectivity index (χ1) is 7.58. The summed E-state index contributed by atoms with van der Waals surface area (Å²) < 4.78 is 0. The Hall–Kier alpha value is -0.560. The first kappa shape index (κ1) is 11.9. The van der Waals surface area contributed by atoms with Gasteiger partial charge in [-0.15, -0.1) is 0 Å². The number of hydrogen-bond donors (Lipinski definition) is 1. The van der Waals surface area contributed by atoms with Gasteiger partial charge in [-0.2, -0.15) is 0 Å². The van der Waals surface area contributed by atoms with Crippen molar-refractivity contribution < 1.29 is 5.11 Å². The molecule has 2 aliphatic rings. The van der Waals surface area contributed by atoms with E-state index >= 15 is 0 Å². The van der Waals surface area contributed by atoms with E-state index in [1.807, 2.05) is 0 Å². The fourth-order valence-electron chi connectivity index (χ4n) is 3.16. The van der Waals surface area contributed by atoms with E-state index in [4.69, 9.17) is 0 Å². The van der Waals surface area contributed by atoms with Crippen LogP contribution < -0.4 is 0 Å². The van der Waals surface area contributed by atoms with E-state index in [0.29, 0.717) is 18.4 Å². The number of aliphatic hydroxyl groups is 1. The van der Waals surface area contributed by atoms with Gasteiger partial charge in [0.25, 0.3) is 0 Å². The molecule has 0 radical (unpaired) electrons. The van der Waals surface area contributed by atoms with Crippen LogP contribution in [0.5, 0.6) is 0 Å². The molecule has 2 rings (SSSR count). The fourth-order valence-corrected chi connectivity index (χ4v) is 3.16. The van der Waals surface area contributed by atoms with Crippen molar-refractivity contribution in [3.63, 3.8) is 0 Å². The molecule has 1 saturated carbocycles. The summed E-state index contributed by atoms with van der Waals surface area (Å²) in [6.45, 7) is 7.06. The van der Waals surface area contributed by atoms with E-state index < -0.39 is 0 Å². The van der Waals surface area contributed by atoms with Crippen molar-refractivity contribution in [1.29, 1.82) is 0 Å². The lowest BCUT2D eigenvalue weighted by Gasteiger charge is -2.06. The van der Waals surface area contributed by atoms with Crippen LogP contribution >= 0.6 is 0 Å². The second-order valence-electron chi connectivity index (χ2n) is 5.94. The Labute approximate surface area is 99.3 Å². The molecular weight excluding hydrogens is 196 g/mol. The normalized spacial score (nSPS) is 46.0. The second kappa shape index (κ2) is 4.37. The van der Waals surface area contributed by atoms with Crippen LogP contribution in [-0.4, -0.2) is 11.7 Å². The molecule has 0 aliphatic heterocycles. The lowest BCUT2D eigenvalue weighted by Crippen LogP contribution is -2.05. The maximum absolute atomic E-state index is 9.53. The molecule has 90 valence electrons. The molecule has 0 saturated heterocycles. The van der Waals surface area contributed by atoms with Gasteiger partial charge in [0.05, 0.1) is 0 Å². The SMILES string of the molecule is C/C1=C/CC/C(C)=C/[C@@H]2[C@H](CC1)[C@]2(C)CO. The molecule has 16 heavy (non-hydrogen) atoms. The number of hydrogen-bond acceptors (Lipinski definition) is 1. The molecule has 3 atom stereocenters. The molecule has 0 heterocycles. The second-order valence-corrected chi connectivity index (χ2v) is 5.94. The van der Waals surface area contributed by atoms with Gasteiger partial charge in [-0.1, -0.05) is 30.2 Å². The molecule has 0 amide bonds. The van der Waals surface area contributed by atoms with Crippen molar-refractivity contribution in [2.24, 2.45) is 17.3 Å². The number of fused-ring (bicyclic) bond motifs is 1. The Bertz CT molecular complexity index is 326. The molecule has 2 aliphatic carbocycles. The average molecular weight is 220 g/mol. The van der Waals surface area contributed by atoms with Crippen molar-refractivity contribution in [1.82, 2.24) is 0 Å². The van der Waals surface area contributed by atoms with Gasteiger partial charge in [0.1, 0.15) is 0 Å². The molecule has 1 fully saturated rings. The van der Waals surface area contributed by atoms with E-state index in [9.17, 15) is 5.11 Å². The molecule has 0 spiro atoms. The minimum Gasteiger partial charge on any atom is -0.396 e. The van der Waals surface area contributed by atoms with Gasteiger partial charge in [0, 0.05) is 12.0 Å². The van der Waals surface area contributed by atoms with Crippen molar-refractivity contribution in [3.05, 3.63) is 23.3 Å². The standard InChI is InChI=1S/C15H24O/c1-11-5-4-6-12(2)9-14-13(8-7-11)15(14,3)10-16/h5,9,13-14,16H,4,6-8,10H2,1-3H3/b11-5-,12-9+/t13-,14+,15-/m0/s1. The molecular formula is C15H24O. The van der Waals surface area contributed by atoms with E-state index in [1.165, 1.54) is 36.8 Å². The van der Waals surface area contributed by atoms with Crippen LogP contribution in [-0.2, 0) is 0 Å². The van der Waals surface area contributed by atoms with Gasteiger partial charge in [0.2, 0.25) is 0 Å². The summed E-state index contributed by atoms with van der Waals surface area (Å²) in [6.07, 6.45) is 9.63. The highest BCUT2D eigenvalue weighted by Gasteiger charge is 2.58. The third kappa shape index (κ3) is 2.10. The summed E-state index contributed by atoms with van der Waals surface area (Å²) >= 11 is 0. The maximum atomic E-state index is 9.53. The van der Waals surface area contributed by atoms with Crippen molar-refractivity contribution in [2.45, 2.75) is 46.5 Å². The Morgan fingerprint density at radius 2 is 2.06 bits per heavy atom. The summed E-state index contributed by atoms with van der Waals surface area (Å²) in [5.41, 5.74) is 3.20. The zero-order valence-corrected chi connectivity index (χ0v) is 10.8. The zero-order chi connectivity index (χ0) is 11.8. The molecule has 1 nitrogen and oxygen atoms in total. The predicted molar refractivity (Wildman–Crippen MR) is 68.2 cm³/mol. The summed E-state index contributed by atoms with van der Waals surface area (Å²) in [5, 5.41) is 9.53. The van der Waals surface area contributed by atoms with Crippen molar-refractivity contribution >= 4 is 0 Å². The van der Waals surface area contributed by atoms with Crippen molar-refractivity contribution in [3.8, 4) is 0 Å². The number of allylic oxidation sites excluding steroid dienone is 4. The Morgan fingerprint density at radius 3 is 2.75 bits per heavy atom. The van der Waals surface area contributed by atoms with Crippen LogP contribution in [0.25, 0.3) is 0 Å². The summed E-state index contributed by atoms with van der Waals surface area (Å²) in [4.78, 5) is 0. The van der Waals surface area contributed by atoms with Crippen LogP contribution in [0.15, 0.2) is 23.3 Å². The largest absolute Gasteiger partial charge is 0.396 e. The minimum absolute atomic E-state index is 0.172. The lowest BCUT2D eigenvalue weighted by molar-refractivity contribution is 0.205. The zero-order valence-electron chi connectivity index (χ0n) is 10.8. The van der Waals surface area contributed by atoms with E-state index in [0.717, 1.165) is 0 Å². The van der Waals surface area contributed by atoms with E-state index in [1.54, 1.807) is 0 Å². The highest BCUT2D eigenvalue weighted by atomic mass is 16.3. The first-order valence-corrected chi connectivity index (χ1v) is 6.51. The predicted octanol–water partition coefficient (Wildman–Crippen LogP) is 3.70. The third-order valence-corrected chi connectivity index (χ3v) is 4.62. The molecule has 1 N–H and O–H groups in total. The molecule has 0 unspecified atom stereocenters. The minimum atomic E-state index is 0.172. The van der Waals surface area contributed by atoms with Gasteiger partial charge < -0.3 is 5.11 Å². The topological polar surface area (TPSA) is 20.2 Å². The first-order valence-electron chi connectivity index (χ1n) is 6.51. The summed E-state index contributed by atoms with van der Waals surface area (Å²) in [6, 6.07) is 0. The summed E-state index contributed by atoms with van der Waals surface area (Å²) in [7, 11) is 0. The van der Waals surface area contributed by atoms with Crippen molar-refractivity contribution in [2.75, 3.05) is 6.61 Å². The molecule has 1 heteroatoms. The van der Waals surface area contributed by atoms with Gasteiger partial charge in [0.15, 0.2) is 0 Å². The van der Waals surface area contributed by atoms with Crippen LogP contribution in [0.1, 0.15) is 46.5 Å². The van der Waals surface area contributed by atoms with Gasteiger partial charge in [-0.3, -0.25) is 0 Å². The van der Waals surface area contributed by atoms with Crippen LogP contribution in [0.2, 0.25) is 0 Å². The Balaban J connectivity index is 2.15. The Kier molecular flexibility index (Phi) is 3.25. The molecule has 0 bridgehead atoms. The molecule has 0 aromatic heterocycles. The third-order valence-electron chi connectivity index (χ3n) is 4.62. The summed E-state index contributed by atoms with van der Waals surface area (Å²) in [5.74, 6) is 1.33. The number of aliphatic hydroxyl groups excluding tert-OH is 1. The highest BCUT2D eigenvalue weighted by Crippen LogP contribution is 2.61. The van der Waals surface area contributed by atoms with Gasteiger partial charge >= 0.3 is 0 Å². The molecule has 0 aromatic carbocycles. The van der Waals surface area contributed by atoms with E-state index in [-0.39, 0.29) is 5.41 Å². The lowest BCUT2D eigenvalue weighted by atomic mass is 10.0. The average Bonchev–Trinajstić information content (AvgIpc) is 2.81. The van der Waals surface area contributed by atoms with E-state index in [2.05, 4.69) is 32.9 Å². The van der Waals surface area contributed by atoms with Crippen LogP contribution in [0.4, 0.5) is 0 Å². The number of rotatable bonds is 1. The van der Waals surface area contributed by atoms with Crippen LogP contribution in [0.3, 0.4) is 0 Å². The van der Waals surface area contributed by atoms with Gasteiger partial charge in [-0.25, -0.2) is 0 Å². The van der Waals surface area contributed by atoms with Crippen LogP contribution in [0, 0.1) is 17.3 Å². The van der Waals surface area contributed by atoms with Gasteiger partial charge in [-0.05, 0) is 51.4 Å². The molecule has 0 aromatic rings. The highest BCUT2D eigenvalue weighted by molar-refractivity contribution is 5.21. The smallest absolute Gasteiger partial charge is 0.0493 e. The fraction of sp³-hybridized carbons (Fsp3) is 0.733.